The number of ether oxygens (including phenoxy) is 2. The van der Waals surface area contributed by atoms with Crippen LogP contribution in [0.3, 0.4) is 0 Å². The summed E-state index contributed by atoms with van der Waals surface area (Å²) >= 11 is 0. The number of benzene rings is 1. The summed E-state index contributed by atoms with van der Waals surface area (Å²) in [5.74, 6) is 1.02. The molecule has 0 radical (unpaired) electrons. The molecule has 0 aromatic heterocycles. The van der Waals surface area contributed by atoms with Crippen molar-refractivity contribution in [3.63, 3.8) is 0 Å². The van der Waals surface area contributed by atoms with Crippen LogP contribution in [0, 0.1) is 0 Å². The molecular formula is C14H23NO3. The van der Waals surface area contributed by atoms with E-state index in [1.54, 1.807) is 19.2 Å². The van der Waals surface area contributed by atoms with E-state index in [9.17, 15) is 5.11 Å². The number of hydrogen-bond acceptors (Lipinski definition) is 4. The van der Waals surface area contributed by atoms with Gasteiger partial charge in [0.15, 0.2) is 0 Å². The van der Waals surface area contributed by atoms with Gasteiger partial charge in [-0.05, 0) is 39.0 Å². The quantitative estimate of drug-likeness (QED) is 0.784. The van der Waals surface area contributed by atoms with E-state index in [1.807, 2.05) is 19.9 Å². The Kier molecular flexibility index (Phi) is 5.95. The highest BCUT2D eigenvalue weighted by atomic mass is 16.5. The molecule has 1 rings (SSSR count). The molecule has 4 heteroatoms. The zero-order chi connectivity index (χ0) is 13.5. The lowest BCUT2D eigenvalue weighted by Gasteiger charge is -2.21. The third-order valence-electron chi connectivity index (χ3n) is 2.81. The molecule has 0 aliphatic rings. The molecule has 102 valence electrons. The Bertz CT molecular complexity index is 368. The van der Waals surface area contributed by atoms with Gasteiger partial charge in [-0.15, -0.1) is 0 Å². The predicted molar refractivity (Wildman–Crippen MR) is 72.2 cm³/mol. The van der Waals surface area contributed by atoms with E-state index < -0.39 is 0 Å². The first-order valence-corrected chi connectivity index (χ1v) is 6.29. The van der Waals surface area contributed by atoms with Gasteiger partial charge in [0.05, 0.1) is 13.7 Å². The molecule has 0 saturated heterocycles. The topological polar surface area (TPSA) is 50.7 Å². The van der Waals surface area contributed by atoms with Crippen molar-refractivity contribution in [2.75, 3.05) is 20.3 Å². The van der Waals surface area contributed by atoms with Gasteiger partial charge in [-0.3, -0.25) is 0 Å². The van der Waals surface area contributed by atoms with Gasteiger partial charge in [-0.25, -0.2) is 0 Å². The van der Waals surface area contributed by atoms with E-state index in [0.717, 1.165) is 11.3 Å². The number of rotatable bonds is 7. The second-order valence-corrected chi connectivity index (χ2v) is 4.37. The molecule has 2 unspecified atom stereocenters. The number of hydrogen-bond donors (Lipinski definition) is 2. The minimum absolute atomic E-state index is 0.0376. The smallest absolute Gasteiger partial charge is 0.120 e. The Morgan fingerprint density at radius 2 is 2.06 bits per heavy atom. The van der Waals surface area contributed by atoms with Gasteiger partial charge in [0.25, 0.3) is 0 Å². The van der Waals surface area contributed by atoms with Crippen LogP contribution in [0.2, 0.25) is 0 Å². The van der Waals surface area contributed by atoms with Crippen molar-refractivity contribution >= 4 is 0 Å². The standard InChI is InChI=1S/C14H23NO3/c1-5-18-9-10(2)15-11(3)13-8-12(17-4)6-7-14(13)16/h6-8,10-11,15-16H,5,9H2,1-4H3. The zero-order valence-electron chi connectivity index (χ0n) is 11.6. The van der Waals surface area contributed by atoms with Gasteiger partial charge in [0.2, 0.25) is 0 Å². The summed E-state index contributed by atoms with van der Waals surface area (Å²) in [6.45, 7) is 7.42. The van der Waals surface area contributed by atoms with E-state index in [-0.39, 0.29) is 17.8 Å². The number of phenolic OH excluding ortho intramolecular Hbond substituents is 1. The predicted octanol–water partition coefficient (Wildman–Crippen LogP) is 2.48. The largest absolute Gasteiger partial charge is 0.508 e. The van der Waals surface area contributed by atoms with Crippen LogP contribution in [0.4, 0.5) is 0 Å². The summed E-state index contributed by atoms with van der Waals surface area (Å²) in [4.78, 5) is 0. The fourth-order valence-electron chi connectivity index (χ4n) is 1.87. The number of nitrogens with one attached hydrogen (secondary N) is 1. The number of phenols is 1. The van der Waals surface area contributed by atoms with E-state index >= 15 is 0 Å². The van der Waals surface area contributed by atoms with E-state index in [2.05, 4.69) is 12.2 Å². The van der Waals surface area contributed by atoms with Crippen LogP contribution in [0.1, 0.15) is 32.4 Å². The maximum absolute atomic E-state index is 9.86. The molecule has 0 heterocycles. The molecule has 0 fully saturated rings. The highest BCUT2D eigenvalue weighted by Crippen LogP contribution is 2.28. The van der Waals surface area contributed by atoms with Crippen LogP contribution in [-0.4, -0.2) is 31.5 Å². The van der Waals surface area contributed by atoms with Crippen molar-refractivity contribution in [1.29, 1.82) is 0 Å². The normalized spacial score (nSPS) is 14.2. The Labute approximate surface area is 109 Å². The second-order valence-electron chi connectivity index (χ2n) is 4.37. The van der Waals surface area contributed by atoms with Crippen LogP contribution in [0.25, 0.3) is 0 Å². The highest BCUT2D eigenvalue weighted by Gasteiger charge is 2.14. The molecule has 2 N–H and O–H groups in total. The number of aromatic hydroxyl groups is 1. The average molecular weight is 253 g/mol. The van der Waals surface area contributed by atoms with E-state index in [1.165, 1.54) is 0 Å². The van der Waals surface area contributed by atoms with Gasteiger partial charge in [0.1, 0.15) is 11.5 Å². The van der Waals surface area contributed by atoms with Crippen LogP contribution in [0.15, 0.2) is 18.2 Å². The fourth-order valence-corrected chi connectivity index (χ4v) is 1.87. The second kappa shape index (κ2) is 7.24. The first-order valence-electron chi connectivity index (χ1n) is 6.29. The molecular weight excluding hydrogens is 230 g/mol. The van der Waals surface area contributed by atoms with Gasteiger partial charge in [-0.2, -0.15) is 0 Å². The van der Waals surface area contributed by atoms with E-state index in [4.69, 9.17) is 9.47 Å². The maximum atomic E-state index is 9.86. The first kappa shape index (κ1) is 14.8. The minimum atomic E-state index is 0.0376. The van der Waals surface area contributed by atoms with Crippen molar-refractivity contribution in [1.82, 2.24) is 5.32 Å². The molecule has 0 aliphatic carbocycles. The van der Waals surface area contributed by atoms with Crippen LogP contribution >= 0.6 is 0 Å². The molecule has 0 aliphatic heterocycles. The summed E-state index contributed by atoms with van der Waals surface area (Å²) in [5.41, 5.74) is 0.831. The minimum Gasteiger partial charge on any atom is -0.508 e. The summed E-state index contributed by atoms with van der Waals surface area (Å²) in [7, 11) is 1.62. The molecule has 0 bridgehead atoms. The first-order chi connectivity index (χ1) is 8.58. The van der Waals surface area contributed by atoms with Crippen molar-refractivity contribution < 1.29 is 14.6 Å². The Morgan fingerprint density at radius 3 is 2.67 bits per heavy atom. The molecule has 2 atom stereocenters. The summed E-state index contributed by atoms with van der Waals surface area (Å²) in [6, 6.07) is 5.51. The van der Waals surface area contributed by atoms with Crippen LogP contribution in [-0.2, 0) is 4.74 Å². The molecule has 1 aromatic rings. The van der Waals surface area contributed by atoms with E-state index in [0.29, 0.717) is 13.2 Å². The van der Waals surface area contributed by atoms with Gasteiger partial charge in [0, 0.05) is 24.3 Å². The van der Waals surface area contributed by atoms with Crippen molar-refractivity contribution in [3.05, 3.63) is 23.8 Å². The number of methoxy groups -OCH3 is 1. The summed E-state index contributed by atoms with van der Waals surface area (Å²) in [5, 5.41) is 13.2. The third kappa shape index (κ3) is 4.20. The SMILES string of the molecule is CCOCC(C)NC(C)c1cc(OC)ccc1O. The lowest BCUT2D eigenvalue weighted by Crippen LogP contribution is -2.32. The molecule has 0 saturated carbocycles. The van der Waals surface area contributed by atoms with Gasteiger partial charge < -0.3 is 19.9 Å². The molecule has 18 heavy (non-hydrogen) atoms. The Morgan fingerprint density at radius 1 is 1.33 bits per heavy atom. The summed E-state index contributed by atoms with van der Waals surface area (Å²) < 4.78 is 10.5. The zero-order valence-corrected chi connectivity index (χ0v) is 11.6. The Hall–Kier alpha value is -1.26. The molecule has 4 nitrogen and oxygen atoms in total. The van der Waals surface area contributed by atoms with Crippen molar-refractivity contribution in [2.24, 2.45) is 0 Å². The maximum Gasteiger partial charge on any atom is 0.120 e. The molecule has 0 spiro atoms. The van der Waals surface area contributed by atoms with Crippen molar-refractivity contribution in [2.45, 2.75) is 32.9 Å². The average Bonchev–Trinajstić information content (AvgIpc) is 2.36. The summed E-state index contributed by atoms with van der Waals surface area (Å²) in [6.07, 6.45) is 0. The van der Waals surface area contributed by atoms with Crippen LogP contribution < -0.4 is 10.1 Å². The third-order valence-corrected chi connectivity index (χ3v) is 2.81. The lowest BCUT2D eigenvalue weighted by molar-refractivity contribution is 0.124. The lowest BCUT2D eigenvalue weighted by atomic mass is 10.1. The van der Waals surface area contributed by atoms with Gasteiger partial charge >= 0.3 is 0 Å². The highest BCUT2D eigenvalue weighted by molar-refractivity contribution is 5.41. The monoisotopic (exact) mass is 253 g/mol. The molecule has 0 amide bonds. The molecule has 1 aromatic carbocycles. The van der Waals surface area contributed by atoms with Gasteiger partial charge in [-0.1, -0.05) is 0 Å². The fraction of sp³-hybridized carbons (Fsp3) is 0.571. The Balaban J connectivity index is 2.67. The van der Waals surface area contributed by atoms with Crippen LogP contribution in [0.5, 0.6) is 11.5 Å². The van der Waals surface area contributed by atoms with Crippen molar-refractivity contribution in [3.8, 4) is 11.5 Å².